The highest BCUT2D eigenvalue weighted by Gasteiger charge is 2.10. The summed E-state index contributed by atoms with van der Waals surface area (Å²) in [5.74, 6) is 3.46. The first-order chi connectivity index (χ1) is 10.1. The lowest BCUT2D eigenvalue weighted by atomic mass is 10.2. The van der Waals surface area contributed by atoms with Gasteiger partial charge < -0.3 is 15.8 Å². The lowest BCUT2D eigenvalue weighted by Crippen LogP contribution is -1.96. The van der Waals surface area contributed by atoms with Crippen molar-refractivity contribution in [3.63, 3.8) is 0 Å². The number of methoxy groups -OCH3 is 1. The standard InChI is InChI=1S/C15H13N3O3/c1-21-12-7-6-11(13(16)10-12)8-9-17-14-4-2-3-5-15(14)18(19)20/h2-7,10,17H,16H2,1H3. The van der Waals surface area contributed by atoms with Crippen molar-refractivity contribution in [1.82, 2.24) is 0 Å². The third kappa shape index (κ3) is 3.42. The van der Waals surface area contributed by atoms with Crippen LogP contribution in [-0.2, 0) is 0 Å². The predicted molar refractivity (Wildman–Crippen MR) is 81.0 cm³/mol. The van der Waals surface area contributed by atoms with Crippen molar-refractivity contribution in [1.29, 1.82) is 0 Å². The Bertz CT molecular complexity index is 732. The van der Waals surface area contributed by atoms with Gasteiger partial charge >= 0.3 is 0 Å². The summed E-state index contributed by atoms with van der Waals surface area (Å²) in [7, 11) is 1.55. The van der Waals surface area contributed by atoms with Crippen molar-refractivity contribution < 1.29 is 9.66 Å². The van der Waals surface area contributed by atoms with Crippen LogP contribution < -0.4 is 15.8 Å². The van der Waals surface area contributed by atoms with Crippen molar-refractivity contribution >= 4 is 17.1 Å². The maximum atomic E-state index is 10.9. The van der Waals surface area contributed by atoms with Gasteiger partial charge in [-0.2, -0.15) is 0 Å². The van der Waals surface area contributed by atoms with E-state index in [-0.39, 0.29) is 5.69 Å². The third-order valence-electron chi connectivity index (χ3n) is 2.75. The number of ether oxygens (including phenoxy) is 1. The molecule has 2 aromatic rings. The molecule has 3 N–H and O–H groups in total. The Morgan fingerprint density at radius 3 is 2.71 bits per heavy atom. The van der Waals surface area contributed by atoms with Crippen molar-refractivity contribution in [2.24, 2.45) is 0 Å². The number of anilines is 2. The quantitative estimate of drug-likeness (QED) is 0.297. The molecule has 0 spiro atoms. The van der Waals surface area contributed by atoms with Gasteiger partial charge in [0.25, 0.3) is 5.69 Å². The molecule has 0 aliphatic heterocycles. The van der Waals surface area contributed by atoms with E-state index in [1.54, 1.807) is 43.5 Å². The van der Waals surface area contributed by atoms with Crippen LogP contribution in [0.4, 0.5) is 17.1 Å². The number of benzene rings is 2. The zero-order valence-electron chi connectivity index (χ0n) is 11.3. The number of nitro benzene ring substituents is 1. The molecule has 106 valence electrons. The van der Waals surface area contributed by atoms with Gasteiger partial charge in [-0.25, -0.2) is 0 Å². The number of hydrogen-bond donors (Lipinski definition) is 2. The van der Waals surface area contributed by atoms with Gasteiger partial charge in [0.15, 0.2) is 0 Å². The Labute approximate surface area is 121 Å². The third-order valence-corrected chi connectivity index (χ3v) is 2.75. The number of nitrogen functional groups attached to an aromatic ring is 1. The van der Waals surface area contributed by atoms with Gasteiger partial charge in [-0.3, -0.25) is 10.1 Å². The lowest BCUT2D eigenvalue weighted by molar-refractivity contribution is -0.383. The van der Waals surface area contributed by atoms with E-state index in [1.807, 2.05) is 0 Å². The highest BCUT2D eigenvalue weighted by atomic mass is 16.6. The van der Waals surface area contributed by atoms with Crippen molar-refractivity contribution in [2.75, 3.05) is 18.2 Å². The molecule has 0 amide bonds. The Morgan fingerprint density at radius 1 is 1.29 bits per heavy atom. The smallest absolute Gasteiger partial charge is 0.293 e. The highest BCUT2D eigenvalue weighted by molar-refractivity contribution is 5.65. The molecule has 0 aliphatic carbocycles. The fraction of sp³-hybridized carbons (Fsp3) is 0.0667. The number of para-hydroxylation sites is 2. The normalized spacial score (nSPS) is 9.38. The molecule has 21 heavy (non-hydrogen) atoms. The van der Waals surface area contributed by atoms with Crippen LogP contribution in [0.2, 0.25) is 0 Å². The van der Waals surface area contributed by atoms with E-state index in [9.17, 15) is 10.1 Å². The van der Waals surface area contributed by atoms with Crippen LogP contribution in [0.25, 0.3) is 0 Å². The summed E-state index contributed by atoms with van der Waals surface area (Å²) in [6.45, 7) is 0. The van der Waals surface area contributed by atoms with Gasteiger partial charge in [-0.15, -0.1) is 0 Å². The molecule has 2 rings (SSSR count). The molecule has 2 aromatic carbocycles. The van der Waals surface area contributed by atoms with E-state index in [4.69, 9.17) is 10.5 Å². The Morgan fingerprint density at radius 2 is 2.05 bits per heavy atom. The zero-order valence-corrected chi connectivity index (χ0v) is 11.3. The topological polar surface area (TPSA) is 90.4 Å². The first kappa shape index (κ1) is 14.2. The van der Waals surface area contributed by atoms with Gasteiger partial charge in [0.2, 0.25) is 0 Å². The fourth-order valence-corrected chi connectivity index (χ4v) is 1.69. The molecule has 0 fully saturated rings. The second-order valence-corrected chi connectivity index (χ2v) is 4.10. The van der Waals surface area contributed by atoms with Crippen LogP contribution in [0.3, 0.4) is 0 Å². The van der Waals surface area contributed by atoms with E-state index in [1.165, 1.54) is 6.07 Å². The van der Waals surface area contributed by atoms with Crippen LogP contribution in [0.1, 0.15) is 5.56 Å². The minimum Gasteiger partial charge on any atom is -0.497 e. The van der Waals surface area contributed by atoms with Crippen LogP contribution >= 0.6 is 0 Å². The number of nitrogens with two attached hydrogens (primary N) is 1. The van der Waals surface area contributed by atoms with Crippen molar-refractivity contribution in [3.05, 3.63) is 58.1 Å². The van der Waals surface area contributed by atoms with Crippen molar-refractivity contribution in [2.45, 2.75) is 0 Å². The number of nitrogens with one attached hydrogen (secondary N) is 1. The average Bonchev–Trinajstić information content (AvgIpc) is 2.49. The zero-order chi connectivity index (χ0) is 15.2. The molecule has 0 saturated carbocycles. The lowest BCUT2D eigenvalue weighted by Gasteiger charge is -2.02. The monoisotopic (exact) mass is 283 g/mol. The second kappa shape index (κ2) is 6.30. The second-order valence-electron chi connectivity index (χ2n) is 4.10. The molecule has 6 heteroatoms. The summed E-state index contributed by atoms with van der Waals surface area (Å²) in [5, 5.41) is 13.6. The SMILES string of the molecule is COc1ccc(C#CNc2ccccc2[N+](=O)[O-])c(N)c1. The number of nitro groups is 1. The summed E-state index contributed by atoms with van der Waals surface area (Å²) < 4.78 is 5.05. The molecule has 0 radical (unpaired) electrons. The molecule has 0 saturated heterocycles. The van der Waals surface area contributed by atoms with Crippen LogP contribution in [-0.4, -0.2) is 12.0 Å². The van der Waals surface area contributed by atoms with E-state index < -0.39 is 4.92 Å². The largest absolute Gasteiger partial charge is 0.497 e. The van der Waals surface area contributed by atoms with E-state index in [0.717, 1.165) is 0 Å². The average molecular weight is 283 g/mol. The molecule has 0 unspecified atom stereocenters. The molecule has 0 aliphatic rings. The molecular weight excluding hydrogens is 270 g/mol. The van der Waals surface area contributed by atoms with E-state index >= 15 is 0 Å². The molecule has 6 nitrogen and oxygen atoms in total. The predicted octanol–water partition coefficient (Wildman–Crippen LogP) is 2.61. The van der Waals surface area contributed by atoms with Gasteiger partial charge in [0.05, 0.1) is 17.7 Å². The fourth-order valence-electron chi connectivity index (χ4n) is 1.69. The first-order valence-electron chi connectivity index (χ1n) is 6.06. The van der Waals surface area contributed by atoms with Gasteiger partial charge in [0.1, 0.15) is 11.4 Å². The Balaban J connectivity index is 2.20. The number of rotatable bonds is 3. The van der Waals surface area contributed by atoms with Gasteiger partial charge in [-0.1, -0.05) is 12.1 Å². The summed E-state index contributed by atoms with van der Waals surface area (Å²) in [6.07, 6.45) is 0. The van der Waals surface area contributed by atoms with Crippen molar-refractivity contribution in [3.8, 4) is 17.7 Å². The minimum atomic E-state index is -0.467. The molecule has 0 atom stereocenters. The summed E-state index contributed by atoms with van der Waals surface area (Å²) >= 11 is 0. The molecular formula is C15H13N3O3. The molecule has 0 bridgehead atoms. The Hall–Kier alpha value is -3.20. The molecule has 0 heterocycles. The summed E-state index contributed by atoms with van der Waals surface area (Å²) in [6, 6.07) is 14.1. The van der Waals surface area contributed by atoms with Crippen LogP contribution in [0.5, 0.6) is 5.75 Å². The first-order valence-corrected chi connectivity index (χ1v) is 6.06. The van der Waals surface area contributed by atoms with Gasteiger partial charge in [0, 0.05) is 23.7 Å². The molecule has 0 aromatic heterocycles. The summed E-state index contributed by atoms with van der Waals surface area (Å²) in [5.41, 5.74) is 7.23. The number of hydrogen-bond acceptors (Lipinski definition) is 5. The highest BCUT2D eigenvalue weighted by Crippen LogP contribution is 2.23. The van der Waals surface area contributed by atoms with Crippen LogP contribution in [0, 0.1) is 22.1 Å². The van der Waals surface area contributed by atoms with Gasteiger partial charge in [-0.05, 0) is 24.1 Å². The minimum absolute atomic E-state index is 0.0329. The maximum Gasteiger partial charge on any atom is 0.293 e. The summed E-state index contributed by atoms with van der Waals surface area (Å²) in [4.78, 5) is 10.4. The number of nitrogens with zero attached hydrogens (tertiary/aromatic N) is 1. The Kier molecular flexibility index (Phi) is 4.26. The van der Waals surface area contributed by atoms with E-state index in [2.05, 4.69) is 17.3 Å². The maximum absolute atomic E-state index is 10.9. The van der Waals surface area contributed by atoms with E-state index in [0.29, 0.717) is 22.7 Å². The van der Waals surface area contributed by atoms with Crippen LogP contribution in [0.15, 0.2) is 42.5 Å².